The van der Waals surface area contributed by atoms with Gasteiger partial charge in [0.15, 0.2) is 0 Å². The van der Waals surface area contributed by atoms with E-state index in [1.54, 1.807) is 54.0 Å². The lowest BCUT2D eigenvalue weighted by Crippen LogP contribution is -2.33. The fourth-order valence-corrected chi connectivity index (χ4v) is 3.57. The van der Waals surface area contributed by atoms with Crippen molar-refractivity contribution in [2.75, 3.05) is 13.2 Å². The Morgan fingerprint density at radius 1 is 1.03 bits per heavy atom. The molecule has 0 spiro atoms. The molecule has 2 heterocycles. The van der Waals surface area contributed by atoms with Gasteiger partial charge in [-0.05, 0) is 44.2 Å². The third-order valence-corrected chi connectivity index (χ3v) is 5.09. The zero-order chi connectivity index (χ0) is 21.4. The van der Waals surface area contributed by atoms with Gasteiger partial charge < -0.3 is 9.30 Å². The summed E-state index contributed by atoms with van der Waals surface area (Å²) < 4.78 is 6.86. The van der Waals surface area contributed by atoms with E-state index >= 15 is 0 Å². The second-order valence-corrected chi connectivity index (χ2v) is 6.89. The van der Waals surface area contributed by atoms with Crippen molar-refractivity contribution >= 4 is 28.8 Å². The van der Waals surface area contributed by atoms with Crippen molar-refractivity contribution in [1.29, 1.82) is 0 Å². The maximum Gasteiger partial charge on any atom is 0.338 e. The van der Waals surface area contributed by atoms with E-state index in [4.69, 9.17) is 4.74 Å². The lowest BCUT2D eigenvalue weighted by molar-refractivity contribution is 0.0420. The summed E-state index contributed by atoms with van der Waals surface area (Å²) in [6, 6.07) is 11.4. The van der Waals surface area contributed by atoms with Gasteiger partial charge in [0, 0.05) is 6.54 Å². The summed E-state index contributed by atoms with van der Waals surface area (Å²) in [5.74, 6) is -1.38. The molecule has 0 radical (unpaired) electrons. The Bertz CT molecular complexity index is 1230. The average Bonchev–Trinajstić information content (AvgIpc) is 2.99. The lowest BCUT2D eigenvalue weighted by Gasteiger charge is -2.14. The van der Waals surface area contributed by atoms with Crippen LogP contribution in [-0.4, -0.2) is 45.4 Å². The summed E-state index contributed by atoms with van der Waals surface area (Å²) >= 11 is 0. The van der Waals surface area contributed by atoms with Crippen molar-refractivity contribution in [3.8, 4) is 0 Å². The number of amides is 2. The molecule has 1 aromatic heterocycles. The highest BCUT2D eigenvalue weighted by Gasteiger charge is 2.34. The number of nitrogens with zero attached hydrogens (tertiary/aromatic N) is 3. The molecule has 0 bridgehead atoms. The number of fused-ring (bicyclic) bond motifs is 2. The molecule has 2 aromatic carbocycles. The van der Waals surface area contributed by atoms with Crippen molar-refractivity contribution in [2.45, 2.75) is 20.4 Å². The summed E-state index contributed by atoms with van der Waals surface area (Å²) in [5.41, 5.74) is 2.32. The van der Waals surface area contributed by atoms with Gasteiger partial charge in [0.1, 0.15) is 12.3 Å². The van der Waals surface area contributed by atoms with Gasteiger partial charge in [0.2, 0.25) is 0 Å². The number of imide groups is 1. The first kappa shape index (κ1) is 19.5. The van der Waals surface area contributed by atoms with Gasteiger partial charge in [0.05, 0.1) is 34.3 Å². The first-order chi connectivity index (χ1) is 14.4. The quantitative estimate of drug-likeness (QED) is 0.477. The number of benzene rings is 2. The molecule has 2 amide bonds. The summed E-state index contributed by atoms with van der Waals surface area (Å²) in [6.45, 7) is 3.83. The van der Waals surface area contributed by atoms with Crippen molar-refractivity contribution in [2.24, 2.45) is 0 Å². The number of aryl methyl sites for hydroxylation is 2. The zero-order valence-electron chi connectivity index (χ0n) is 16.5. The Balaban J connectivity index is 1.47. The fourth-order valence-electron chi connectivity index (χ4n) is 3.57. The first-order valence-corrected chi connectivity index (χ1v) is 9.56. The maximum atomic E-state index is 12.4. The summed E-state index contributed by atoms with van der Waals surface area (Å²) in [4.78, 5) is 54.7. The maximum absolute atomic E-state index is 12.4. The lowest BCUT2D eigenvalue weighted by atomic mass is 10.1. The predicted octanol–water partition coefficient (Wildman–Crippen LogP) is 2.18. The minimum Gasteiger partial charge on any atom is -0.460 e. The van der Waals surface area contributed by atoms with E-state index in [0.29, 0.717) is 34.4 Å². The second kappa shape index (κ2) is 7.55. The molecule has 4 rings (SSSR count). The highest BCUT2D eigenvalue weighted by molar-refractivity contribution is 6.21. The molecule has 8 heteroatoms. The molecule has 1 aliphatic heterocycles. The van der Waals surface area contributed by atoms with Gasteiger partial charge in [-0.25, -0.2) is 9.78 Å². The van der Waals surface area contributed by atoms with Crippen molar-refractivity contribution in [3.05, 3.63) is 75.2 Å². The van der Waals surface area contributed by atoms with Crippen LogP contribution in [0.3, 0.4) is 0 Å². The van der Waals surface area contributed by atoms with Gasteiger partial charge in [-0.3, -0.25) is 19.3 Å². The Labute approximate surface area is 171 Å². The molecular formula is C22H19N3O5. The molecule has 0 N–H and O–H groups in total. The highest BCUT2D eigenvalue weighted by atomic mass is 16.5. The topological polar surface area (TPSA) is 98.6 Å². The van der Waals surface area contributed by atoms with Crippen molar-refractivity contribution in [1.82, 2.24) is 14.5 Å². The van der Waals surface area contributed by atoms with Crippen LogP contribution >= 0.6 is 0 Å². The molecule has 152 valence electrons. The monoisotopic (exact) mass is 405 g/mol. The molecule has 3 aromatic rings. The van der Waals surface area contributed by atoms with Gasteiger partial charge >= 0.3 is 5.97 Å². The molecule has 0 aliphatic carbocycles. The van der Waals surface area contributed by atoms with E-state index in [1.807, 2.05) is 6.92 Å². The molecule has 0 saturated carbocycles. The van der Waals surface area contributed by atoms with Crippen molar-refractivity contribution < 1.29 is 19.1 Å². The summed E-state index contributed by atoms with van der Waals surface area (Å²) in [7, 11) is 0. The largest absolute Gasteiger partial charge is 0.460 e. The third kappa shape index (κ3) is 3.16. The van der Waals surface area contributed by atoms with Crippen molar-refractivity contribution in [3.63, 3.8) is 0 Å². The number of hydrogen-bond donors (Lipinski definition) is 0. The number of ether oxygens (including phenoxy) is 1. The predicted molar refractivity (Wildman–Crippen MR) is 109 cm³/mol. The molecular weight excluding hydrogens is 386 g/mol. The van der Waals surface area contributed by atoms with Crippen LogP contribution < -0.4 is 5.56 Å². The highest BCUT2D eigenvalue weighted by Crippen LogP contribution is 2.22. The molecule has 0 unspecified atom stereocenters. The summed E-state index contributed by atoms with van der Waals surface area (Å²) in [5, 5.41) is 0. The van der Waals surface area contributed by atoms with E-state index in [1.165, 1.54) is 0 Å². The first-order valence-electron chi connectivity index (χ1n) is 9.56. The number of hydrogen-bond acceptors (Lipinski definition) is 6. The number of carbonyl (C=O) groups is 3. The van der Waals surface area contributed by atoms with Crippen LogP contribution in [-0.2, 0) is 11.3 Å². The number of aromatic nitrogens is 2. The van der Waals surface area contributed by atoms with Gasteiger partial charge in [-0.15, -0.1) is 0 Å². The molecule has 0 atom stereocenters. The van der Waals surface area contributed by atoms with Crippen LogP contribution in [0.15, 0.2) is 47.3 Å². The van der Waals surface area contributed by atoms with Crippen LogP contribution in [0.1, 0.15) is 43.7 Å². The number of rotatable bonds is 5. The summed E-state index contributed by atoms with van der Waals surface area (Å²) in [6.07, 6.45) is 0. The minimum absolute atomic E-state index is 0.0294. The minimum atomic E-state index is -0.595. The Morgan fingerprint density at radius 3 is 2.33 bits per heavy atom. The Kier molecular flexibility index (Phi) is 4.91. The molecule has 8 nitrogen and oxygen atoms in total. The molecule has 0 fully saturated rings. The normalized spacial score (nSPS) is 13.1. The van der Waals surface area contributed by atoms with E-state index in [-0.39, 0.29) is 24.3 Å². The molecule has 1 aliphatic rings. The molecule has 30 heavy (non-hydrogen) atoms. The molecule has 0 saturated heterocycles. The van der Waals surface area contributed by atoms with Crippen LogP contribution in [0.25, 0.3) is 11.0 Å². The van der Waals surface area contributed by atoms with E-state index < -0.39 is 17.8 Å². The Hall–Kier alpha value is -3.81. The number of carbonyl (C=O) groups excluding carboxylic acids is 3. The van der Waals surface area contributed by atoms with Crippen LogP contribution in [0.5, 0.6) is 0 Å². The van der Waals surface area contributed by atoms with Crippen LogP contribution in [0, 0.1) is 6.92 Å². The van der Waals surface area contributed by atoms with E-state index in [2.05, 4.69) is 4.98 Å². The Morgan fingerprint density at radius 2 is 1.70 bits per heavy atom. The number of esters is 1. The van der Waals surface area contributed by atoms with E-state index in [0.717, 1.165) is 4.90 Å². The zero-order valence-corrected chi connectivity index (χ0v) is 16.5. The standard InChI is InChI=1S/C22H19N3O5/c1-3-24-18-9-8-14(12-17(18)23-13(2)19(24)26)22(29)30-11-10-25-20(27)15-6-4-5-7-16(15)21(25)28/h4-9,12H,3,10-11H2,1-2H3. The fraction of sp³-hybridized carbons (Fsp3) is 0.227. The van der Waals surface area contributed by atoms with Gasteiger partial charge in [-0.1, -0.05) is 12.1 Å². The van der Waals surface area contributed by atoms with Crippen LogP contribution in [0.4, 0.5) is 0 Å². The average molecular weight is 405 g/mol. The second-order valence-electron chi connectivity index (χ2n) is 6.89. The van der Waals surface area contributed by atoms with Crippen LogP contribution in [0.2, 0.25) is 0 Å². The van der Waals surface area contributed by atoms with E-state index in [9.17, 15) is 19.2 Å². The smallest absolute Gasteiger partial charge is 0.338 e. The van der Waals surface area contributed by atoms with Gasteiger partial charge in [0.25, 0.3) is 17.4 Å². The third-order valence-electron chi connectivity index (χ3n) is 5.09. The van der Waals surface area contributed by atoms with Gasteiger partial charge in [-0.2, -0.15) is 0 Å². The SMILES string of the molecule is CCn1c(=O)c(C)nc2cc(C(=O)OCCN3C(=O)c4ccccc4C3=O)ccc21.